The van der Waals surface area contributed by atoms with Crippen LogP contribution >= 0.6 is 11.6 Å². The highest BCUT2D eigenvalue weighted by atomic mass is 35.5. The number of anilines is 1. The lowest BCUT2D eigenvalue weighted by Crippen LogP contribution is -2.13. The topological polar surface area (TPSA) is 62.1 Å². The number of nitrogens with zero attached hydrogens (tertiary/aromatic N) is 1. The molecule has 3 aromatic rings. The first-order chi connectivity index (χ1) is 14.5. The average Bonchev–Trinajstić information content (AvgIpc) is 2.74. The van der Waals surface area contributed by atoms with Crippen LogP contribution in [0.25, 0.3) is 6.08 Å². The molecule has 0 aliphatic carbocycles. The number of carbonyl (C=O) groups is 1. The van der Waals surface area contributed by atoms with E-state index in [2.05, 4.69) is 5.32 Å². The summed E-state index contributed by atoms with van der Waals surface area (Å²) in [5.41, 5.74) is 2.34. The Morgan fingerprint density at radius 1 is 1.17 bits per heavy atom. The van der Waals surface area contributed by atoms with Crippen molar-refractivity contribution in [3.05, 3.63) is 99.8 Å². The lowest BCUT2D eigenvalue weighted by atomic mass is 10.1. The zero-order chi connectivity index (χ0) is 21.5. The molecule has 1 amide bonds. The third-order valence-corrected chi connectivity index (χ3v) is 4.52. The van der Waals surface area contributed by atoms with Crippen molar-refractivity contribution < 1.29 is 13.9 Å². The second kappa shape index (κ2) is 9.73. The van der Waals surface area contributed by atoms with E-state index in [1.54, 1.807) is 48.5 Å². The zero-order valence-corrected chi connectivity index (χ0v) is 16.9. The van der Waals surface area contributed by atoms with Gasteiger partial charge in [0, 0.05) is 21.8 Å². The predicted molar refractivity (Wildman–Crippen MR) is 116 cm³/mol. The number of carbonyl (C=O) groups excluding carboxylic acids is 1. The van der Waals surface area contributed by atoms with E-state index in [9.17, 15) is 14.4 Å². The van der Waals surface area contributed by atoms with E-state index in [0.29, 0.717) is 27.6 Å². The Kier molecular flexibility index (Phi) is 6.84. The highest BCUT2D eigenvalue weighted by molar-refractivity contribution is 6.30. The maximum atomic E-state index is 13.9. The molecule has 3 aromatic carbocycles. The fourth-order valence-electron chi connectivity index (χ4n) is 2.67. The summed E-state index contributed by atoms with van der Waals surface area (Å²) in [5.74, 6) is -0.557. The van der Waals surface area contributed by atoms with Gasteiger partial charge < -0.3 is 10.1 Å². The second-order valence-electron chi connectivity index (χ2n) is 6.55. The molecular formula is C24H18ClFN2O2. The van der Waals surface area contributed by atoms with Crippen LogP contribution in [-0.4, -0.2) is 5.91 Å². The third kappa shape index (κ3) is 5.47. The molecule has 0 aliphatic rings. The molecule has 4 nitrogen and oxygen atoms in total. The van der Waals surface area contributed by atoms with Gasteiger partial charge in [-0.2, -0.15) is 5.26 Å². The number of ether oxygens (including phenoxy) is 1. The zero-order valence-electron chi connectivity index (χ0n) is 16.2. The quantitative estimate of drug-likeness (QED) is 0.398. The normalized spacial score (nSPS) is 10.9. The monoisotopic (exact) mass is 420 g/mol. The van der Waals surface area contributed by atoms with E-state index in [-0.39, 0.29) is 18.0 Å². The van der Waals surface area contributed by atoms with E-state index in [1.807, 2.05) is 25.1 Å². The molecule has 6 heteroatoms. The summed E-state index contributed by atoms with van der Waals surface area (Å²) in [6.45, 7) is 1.93. The fraction of sp³-hybridized carbons (Fsp3) is 0.0833. The maximum absolute atomic E-state index is 13.9. The molecule has 0 aromatic heterocycles. The number of halogens is 2. The molecule has 0 heterocycles. The number of amides is 1. The Morgan fingerprint density at radius 2 is 1.90 bits per heavy atom. The molecule has 0 bridgehead atoms. The second-order valence-corrected chi connectivity index (χ2v) is 6.99. The molecule has 0 aliphatic heterocycles. The first-order valence-electron chi connectivity index (χ1n) is 9.12. The summed E-state index contributed by atoms with van der Waals surface area (Å²) in [6, 6.07) is 20.2. The predicted octanol–water partition coefficient (Wildman–Crippen LogP) is 5.91. The highest BCUT2D eigenvalue weighted by Gasteiger charge is 2.12. The van der Waals surface area contributed by atoms with Crippen molar-refractivity contribution in [3.63, 3.8) is 0 Å². The fourth-order valence-corrected chi connectivity index (χ4v) is 2.85. The summed E-state index contributed by atoms with van der Waals surface area (Å²) in [5, 5.41) is 12.6. The molecule has 30 heavy (non-hydrogen) atoms. The van der Waals surface area contributed by atoms with Crippen molar-refractivity contribution in [1.82, 2.24) is 0 Å². The summed E-state index contributed by atoms with van der Waals surface area (Å²) < 4.78 is 19.6. The lowest BCUT2D eigenvalue weighted by molar-refractivity contribution is -0.112. The summed E-state index contributed by atoms with van der Waals surface area (Å²) in [4.78, 5) is 12.5. The van der Waals surface area contributed by atoms with Crippen LogP contribution in [0.15, 0.2) is 72.3 Å². The van der Waals surface area contributed by atoms with Gasteiger partial charge in [0.15, 0.2) is 0 Å². The van der Waals surface area contributed by atoms with Crippen LogP contribution in [0.3, 0.4) is 0 Å². The number of aryl methyl sites for hydroxylation is 1. The van der Waals surface area contributed by atoms with Crippen LogP contribution in [0.1, 0.15) is 16.7 Å². The number of hydrogen-bond donors (Lipinski definition) is 1. The highest BCUT2D eigenvalue weighted by Crippen LogP contribution is 2.27. The van der Waals surface area contributed by atoms with Gasteiger partial charge in [0.25, 0.3) is 5.91 Å². The number of nitriles is 1. The molecule has 150 valence electrons. The van der Waals surface area contributed by atoms with E-state index in [4.69, 9.17) is 16.3 Å². The van der Waals surface area contributed by atoms with Crippen molar-refractivity contribution in [2.75, 3.05) is 5.32 Å². The van der Waals surface area contributed by atoms with Crippen molar-refractivity contribution >= 4 is 29.3 Å². The van der Waals surface area contributed by atoms with Crippen molar-refractivity contribution in [2.24, 2.45) is 0 Å². The smallest absolute Gasteiger partial charge is 0.266 e. The molecule has 0 saturated carbocycles. The molecule has 0 spiro atoms. The standard InChI is InChI=1S/C24H18ClFN2O2/c1-16-6-9-21(10-7-16)28-24(29)19(14-27)12-18-13-20(25)8-11-23(18)30-15-17-4-2-3-5-22(17)26/h2-13H,15H2,1H3,(H,28,29)/b19-12+. The Bertz CT molecular complexity index is 1130. The average molecular weight is 421 g/mol. The van der Waals surface area contributed by atoms with Crippen LogP contribution in [0, 0.1) is 24.1 Å². The third-order valence-electron chi connectivity index (χ3n) is 4.29. The van der Waals surface area contributed by atoms with Gasteiger partial charge >= 0.3 is 0 Å². The van der Waals surface area contributed by atoms with Crippen molar-refractivity contribution in [2.45, 2.75) is 13.5 Å². The lowest BCUT2D eigenvalue weighted by Gasteiger charge is -2.11. The Morgan fingerprint density at radius 3 is 2.60 bits per heavy atom. The first kappa shape index (κ1) is 21.1. The van der Waals surface area contributed by atoms with Gasteiger partial charge in [-0.15, -0.1) is 0 Å². The molecule has 0 saturated heterocycles. The van der Waals surface area contributed by atoms with Crippen molar-refractivity contribution in [3.8, 4) is 11.8 Å². The van der Waals surface area contributed by atoms with Crippen LogP contribution in [0.4, 0.5) is 10.1 Å². The molecule has 0 unspecified atom stereocenters. The summed E-state index contributed by atoms with van der Waals surface area (Å²) in [7, 11) is 0. The van der Waals surface area contributed by atoms with Crippen LogP contribution in [0.2, 0.25) is 5.02 Å². The van der Waals surface area contributed by atoms with Crippen LogP contribution in [-0.2, 0) is 11.4 Å². The molecule has 0 radical (unpaired) electrons. The van der Waals surface area contributed by atoms with Crippen LogP contribution < -0.4 is 10.1 Å². The van der Waals surface area contributed by atoms with E-state index in [0.717, 1.165) is 5.56 Å². The van der Waals surface area contributed by atoms with Gasteiger partial charge in [-0.1, -0.05) is 47.5 Å². The Hall–Kier alpha value is -3.62. The van der Waals surface area contributed by atoms with E-state index < -0.39 is 5.91 Å². The largest absolute Gasteiger partial charge is 0.488 e. The van der Waals surface area contributed by atoms with Gasteiger partial charge in [0.05, 0.1) is 0 Å². The summed E-state index contributed by atoms with van der Waals surface area (Å²) in [6.07, 6.45) is 1.39. The minimum Gasteiger partial charge on any atom is -0.488 e. The Labute approximate surface area is 179 Å². The van der Waals surface area contributed by atoms with Gasteiger partial charge in [0.1, 0.15) is 29.8 Å². The number of nitrogens with one attached hydrogen (secondary N) is 1. The molecule has 3 rings (SSSR count). The minimum atomic E-state index is -0.554. The molecule has 0 fully saturated rings. The van der Waals surface area contributed by atoms with Crippen LogP contribution in [0.5, 0.6) is 5.75 Å². The maximum Gasteiger partial charge on any atom is 0.266 e. The first-order valence-corrected chi connectivity index (χ1v) is 9.49. The van der Waals surface area contributed by atoms with E-state index in [1.165, 1.54) is 12.1 Å². The Balaban J connectivity index is 1.83. The number of hydrogen-bond acceptors (Lipinski definition) is 3. The number of benzene rings is 3. The molecular weight excluding hydrogens is 403 g/mol. The van der Waals surface area contributed by atoms with Gasteiger partial charge in [0.2, 0.25) is 0 Å². The number of rotatable bonds is 6. The SMILES string of the molecule is Cc1ccc(NC(=O)/C(C#N)=C/c2cc(Cl)ccc2OCc2ccccc2F)cc1. The molecule has 0 atom stereocenters. The van der Waals surface area contributed by atoms with Gasteiger partial charge in [-0.05, 0) is 49.4 Å². The van der Waals surface area contributed by atoms with Gasteiger partial charge in [-0.25, -0.2) is 4.39 Å². The minimum absolute atomic E-state index is 0.00735. The van der Waals surface area contributed by atoms with Crippen molar-refractivity contribution in [1.29, 1.82) is 5.26 Å². The summed E-state index contributed by atoms with van der Waals surface area (Å²) >= 11 is 6.08. The molecule has 1 N–H and O–H groups in total. The van der Waals surface area contributed by atoms with Gasteiger partial charge in [-0.3, -0.25) is 4.79 Å². The van der Waals surface area contributed by atoms with E-state index >= 15 is 0 Å².